The van der Waals surface area contributed by atoms with Crippen LogP contribution in [0.15, 0.2) is 42.6 Å². The number of carbonyl (C=O) groups excluding carboxylic acids is 2. The van der Waals surface area contributed by atoms with E-state index < -0.39 is 40.2 Å². The maximum atomic E-state index is 15.7. The van der Waals surface area contributed by atoms with Gasteiger partial charge in [-0.1, -0.05) is 18.2 Å². The molecule has 0 spiro atoms. The monoisotopic (exact) mass is 470 g/mol. The number of ketones is 1. The van der Waals surface area contributed by atoms with Gasteiger partial charge >= 0.3 is 6.09 Å². The zero-order valence-corrected chi connectivity index (χ0v) is 20.1. The molecule has 1 amide bonds. The Kier molecular flexibility index (Phi) is 6.91. The standard InChI is InChI=1S/C26H28F2N2O4/c1-7-33-23-17-10-8-9-16(15(17)13-14-29-23)22(31)20-19(27)12-11-18(21(20)28)26(5,6)30-24(32)34-25(2,3)4/h8-14H,7H2,1-6H3,(H,30,32). The summed E-state index contributed by atoms with van der Waals surface area (Å²) in [6.07, 6.45) is 0.709. The number of hydrogen-bond donors (Lipinski definition) is 1. The third-order valence-electron chi connectivity index (χ3n) is 5.10. The zero-order chi connectivity index (χ0) is 25.3. The van der Waals surface area contributed by atoms with Crippen LogP contribution in [0.2, 0.25) is 0 Å². The minimum Gasteiger partial charge on any atom is -0.478 e. The van der Waals surface area contributed by atoms with Crippen LogP contribution in [0.5, 0.6) is 5.88 Å². The second kappa shape index (κ2) is 9.37. The highest BCUT2D eigenvalue weighted by atomic mass is 19.1. The van der Waals surface area contributed by atoms with E-state index in [9.17, 15) is 14.0 Å². The molecule has 1 N–H and O–H groups in total. The second-order valence-electron chi connectivity index (χ2n) is 9.31. The average Bonchev–Trinajstić information content (AvgIpc) is 2.71. The van der Waals surface area contributed by atoms with Crippen molar-refractivity contribution in [3.05, 3.63) is 70.9 Å². The summed E-state index contributed by atoms with van der Waals surface area (Å²) in [6, 6.07) is 8.64. The van der Waals surface area contributed by atoms with E-state index in [4.69, 9.17) is 9.47 Å². The third kappa shape index (κ3) is 5.16. The summed E-state index contributed by atoms with van der Waals surface area (Å²) >= 11 is 0. The van der Waals surface area contributed by atoms with Gasteiger partial charge in [0.1, 0.15) is 17.2 Å². The summed E-state index contributed by atoms with van der Waals surface area (Å²) in [4.78, 5) is 29.9. The number of benzene rings is 2. The van der Waals surface area contributed by atoms with Crippen molar-refractivity contribution in [3.63, 3.8) is 0 Å². The third-order valence-corrected chi connectivity index (χ3v) is 5.10. The number of pyridine rings is 1. The smallest absolute Gasteiger partial charge is 0.408 e. The summed E-state index contributed by atoms with van der Waals surface area (Å²) in [5, 5.41) is 3.60. The van der Waals surface area contributed by atoms with Gasteiger partial charge in [-0.15, -0.1) is 0 Å². The van der Waals surface area contributed by atoms with E-state index in [1.165, 1.54) is 18.3 Å². The molecule has 0 radical (unpaired) electrons. The van der Waals surface area contributed by atoms with Crippen molar-refractivity contribution in [2.24, 2.45) is 0 Å². The fourth-order valence-electron chi connectivity index (χ4n) is 3.63. The molecular weight excluding hydrogens is 442 g/mol. The number of fused-ring (bicyclic) bond motifs is 1. The molecule has 0 fully saturated rings. The first-order chi connectivity index (χ1) is 15.9. The molecule has 8 heteroatoms. The van der Waals surface area contributed by atoms with Crippen molar-refractivity contribution < 1.29 is 27.8 Å². The van der Waals surface area contributed by atoms with Crippen LogP contribution in [0.1, 0.15) is 63.0 Å². The number of nitrogens with one attached hydrogen (secondary N) is 1. The Labute approximate surface area is 197 Å². The highest BCUT2D eigenvalue weighted by Gasteiger charge is 2.32. The molecule has 0 saturated carbocycles. The van der Waals surface area contributed by atoms with Gasteiger partial charge in [0.15, 0.2) is 5.78 Å². The highest BCUT2D eigenvalue weighted by molar-refractivity contribution is 6.17. The fourth-order valence-corrected chi connectivity index (χ4v) is 3.63. The largest absolute Gasteiger partial charge is 0.478 e. The molecule has 0 aliphatic heterocycles. The molecule has 34 heavy (non-hydrogen) atoms. The molecule has 180 valence electrons. The number of hydrogen-bond acceptors (Lipinski definition) is 5. The van der Waals surface area contributed by atoms with Gasteiger partial charge in [0.05, 0.1) is 17.7 Å². The number of ether oxygens (including phenoxy) is 2. The highest BCUT2D eigenvalue weighted by Crippen LogP contribution is 2.32. The Morgan fingerprint density at radius 1 is 1.00 bits per heavy atom. The van der Waals surface area contributed by atoms with Crippen LogP contribution in [-0.2, 0) is 10.3 Å². The predicted octanol–water partition coefficient (Wildman–Crippen LogP) is 5.90. The second-order valence-corrected chi connectivity index (χ2v) is 9.31. The maximum absolute atomic E-state index is 15.7. The van der Waals surface area contributed by atoms with Gasteiger partial charge in [-0.05, 0) is 65.1 Å². The van der Waals surface area contributed by atoms with Crippen molar-refractivity contribution in [3.8, 4) is 5.88 Å². The Balaban J connectivity index is 2.07. The molecule has 0 aliphatic rings. The number of rotatable bonds is 6. The van der Waals surface area contributed by atoms with E-state index in [2.05, 4.69) is 10.3 Å². The lowest BCUT2D eigenvalue weighted by Crippen LogP contribution is -2.44. The summed E-state index contributed by atoms with van der Waals surface area (Å²) in [5.74, 6) is -2.56. The van der Waals surface area contributed by atoms with Crippen LogP contribution >= 0.6 is 0 Å². The Hall–Kier alpha value is -3.55. The van der Waals surface area contributed by atoms with Gasteiger partial charge in [-0.2, -0.15) is 0 Å². The predicted molar refractivity (Wildman–Crippen MR) is 125 cm³/mol. The quantitative estimate of drug-likeness (QED) is 0.454. The van der Waals surface area contributed by atoms with Crippen LogP contribution in [0.4, 0.5) is 13.6 Å². The van der Waals surface area contributed by atoms with Gasteiger partial charge in [0.25, 0.3) is 0 Å². The molecule has 1 aromatic heterocycles. The van der Waals surface area contributed by atoms with E-state index in [1.54, 1.807) is 59.7 Å². The Bertz CT molecular complexity index is 1250. The molecule has 0 saturated heterocycles. The lowest BCUT2D eigenvalue weighted by molar-refractivity contribution is 0.0469. The van der Waals surface area contributed by atoms with E-state index >= 15 is 4.39 Å². The number of halogens is 2. The normalized spacial score (nSPS) is 11.9. The van der Waals surface area contributed by atoms with E-state index in [0.717, 1.165) is 6.07 Å². The van der Waals surface area contributed by atoms with Crippen molar-refractivity contribution in [2.45, 2.75) is 52.7 Å². The number of alkyl carbamates (subject to hydrolysis) is 1. The molecule has 3 aromatic rings. The van der Waals surface area contributed by atoms with Crippen LogP contribution in [-0.4, -0.2) is 29.1 Å². The minimum absolute atomic E-state index is 0.0555. The summed E-state index contributed by atoms with van der Waals surface area (Å²) in [6.45, 7) is 10.4. The lowest BCUT2D eigenvalue weighted by atomic mass is 9.89. The first-order valence-electron chi connectivity index (χ1n) is 10.9. The van der Waals surface area contributed by atoms with E-state index in [-0.39, 0.29) is 11.1 Å². The lowest BCUT2D eigenvalue weighted by Gasteiger charge is -2.29. The van der Waals surface area contributed by atoms with Gasteiger partial charge in [-0.25, -0.2) is 18.6 Å². The molecule has 0 unspecified atom stereocenters. The van der Waals surface area contributed by atoms with Gasteiger partial charge in [-0.3, -0.25) is 4.79 Å². The number of aromatic nitrogens is 1. The summed E-state index contributed by atoms with van der Waals surface area (Å²) in [7, 11) is 0. The molecule has 3 rings (SSSR count). The summed E-state index contributed by atoms with van der Waals surface area (Å²) < 4.78 is 41.3. The molecule has 0 atom stereocenters. The first kappa shape index (κ1) is 25.1. The van der Waals surface area contributed by atoms with Crippen molar-refractivity contribution in [1.29, 1.82) is 0 Å². The van der Waals surface area contributed by atoms with Crippen LogP contribution in [0.25, 0.3) is 10.8 Å². The van der Waals surface area contributed by atoms with Crippen LogP contribution in [0, 0.1) is 11.6 Å². The summed E-state index contributed by atoms with van der Waals surface area (Å²) in [5.41, 5.74) is -2.71. The molecule has 1 heterocycles. The number of carbonyl (C=O) groups is 2. The fraction of sp³-hybridized carbons (Fsp3) is 0.346. The van der Waals surface area contributed by atoms with Crippen molar-refractivity contribution >= 4 is 22.6 Å². The SMILES string of the molecule is CCOc1nccc2c(C(=O)c3c(F)ccc(C(C)(C)NC(=O)OC(C)(C)C)c3F)cccc12. The topological polar surface area (TPSA) is 77.5 Å². The Morgan fingerprint density at radius 2 is 1.71 bits per heavy atom. The Morgan fingerprint density at radius 3 is 2.35 bits per heavy atom. The van der Waals surface area contributed by atoms with Crippen molar-refractivity contribution in [2.75, 3.05) is 6.61 Å². The van der Waals surface area contributed by atoms with E-state index in [1.807, 2.05) is 0 Å². The van der Waals surface area contributed by atoms with Crippen molar-refractivity contribution in [1.82, 2.24) is 10.3 Å². The molecular formula is C26H28F2N2O4. The first-order valence-corrected chi connectivity index (χ1v) is 10.9. The number of nitrogens with zero attached hydrogens (tertiary/aromatic N) is 1. The zero-order valence-electron chi connectivity index (χ0n) is 20.1. The van der Waals surface area contributed by atoms with Crippen LogP contribution < -0.4 is 10.1 Å². The van der Waals surface area contributed by atoms with E-state index in [0.29, 0.717) is 23.3 Å². The minimum atomic E-state index is -1.29. The van der Waals surface area contributed by atoms with Gasteiger partial charge in [0.2, 0.25) is 5.88 Å². The molecule has 0 bridgehead atoms. The molecule has 6 nitrogen and oxygen atoms in total. The molecule has 2 aromatic carbocycles. The van der Waals surface area contributed by atoms with Gasteiger partial charge < -0.3 is 14.8 Å². The average molecular weight is 471 g/mol. The van der Waals surface area contributed by atoms with Gasteiger partial charge in [0, 0.05) is 22.7 Å². The van der Waals surface area contributed by atoms with Crippen LogP contribution in [0.3, 0.4) is 0 Å². The molecule has 0 aliphatic carbocycles. The number of amides is 1. The maximum Gasteiger partial charge on any atom is 0.408 e.